The number of nitrogens with one attached hydrogen (secondary N) is 1. The first-order valence-corrected chi connectivity index (χ1v) is 11.3. The molecule has 1 N–H and O–H groups in total. The van der Waals surface area contributed by atoms with Crippen LogP contribution in [0.15, 0.2) is 18.5 Å². The summed E-state index contributed by atoms with van der Waals surface area (Å²) in [5.74, 6) is -0.0231. The summed E-state index contributed by atoms with van der Waals surface area (Å²) in [6.07, 6.45) is 4.61. The Hall–Kier alpha value is -1.94. The number of alkyl halides is 3. The summed E-state index contributed by atoms with van der Waals surface area (Å²) in [6.45, 7) is -0.286. The first-order valence-electron chi connectivity index (χ1n) is 10.1. The predicted molar refractivity (Wildman–Crippen MR) is 112 cm³/mol. The molecule has 2 aromatic heterocycles. The molecule has 30 heavy (non-hydrogen) atoms. The Morgan fingerprint density at radius 1 is 1.30 bits per heavy atom. The molecule has 3 heterocycles. The Bertz CT molecular complexity index is 909. The lowest BCUT2D eigenvalue weighted by Crippen LogP contribution is -2.54. The molecule has 1 fully saturated rings. The number of carbonyl (C=O) groups is 1. The highest BCUT2D eigenvalue weighted by atomic mass is 32.2. The highest BCUT2D eigenvalue weighted by molar-refractivity contribution is 7.96. The Kier molecular flexibility index (Phi) is 5.89. The average Bonchev–Trinajstić information content (AvgIpc) is 3.18. The standard InChI is InChI=1S/C20H26F3N5OS/c1-26(30-2)10-13-3-5-14(6-4-13)28-12-27(11-20(21,22)23)19(29)16-9-25-18-15(17(16)28)7-8-24-18/h7-9,13-14H,3-6,10-12H2,1-2H3,(H,24,25)/t13-,14-. The fraction of sp³-hybridized carbons (Fsp3) is 0.600. The Balaban J connectivity index is 1.62. The minimum atomic E-state index is -4.44. The van der Waals surface area contributed by atoms with E-state index in [-0.39, 0.29) is 18.3 Å². The third-order valence-corrected chi connectivity index (χ3v) is 6.91. The van der Waals surface area contributed by atoms with E-state index < -0.39 is 18.6 Å². The Morgan fingerprint density at radius 3 is 2.70 bits per heavy atom. The van der Waals surface area contributed by atoms with Crippen molar-refractivity contribution in [2.45, 2.75) is 37.9 Å². The van der Waals surface area contributed by atoms with Gasteiger partial charge in [0.1, 0.15) is 12.2 Å². The van der Waals surface area contributed by atoms with E-state index in [0.29, 0.717) is 17.3 Å². The van der Waals surface area contributed by atoms with E-state index in [2.05, 4.69) is 27.6 Å². The van der Waals surface area contributed by atoms with Crippen molar-refractivity contribution in [3.05, 3.63) is 24.0 Å². The van der Waals surface area contributed by atoms with Gasteiger partial charge in [0.2, 0.25) is 0 Å². The van der Waals surface area contributed by atoms with E-state index in [0.717, 1.165) is 42.5 Å². The smallest absolute Gasteiger partial charge is 0.349 e. The van der Waals surface area contributed by atoms with Gasteiger partial charge in [-0.2, -0.15) is 13.2 Å². The second-order valence-corrected chi connectivity index (χ2v) is 9.15. The maximum Gasteiger partial charge on any atom is 0.406 e. The number of aromatic nitrogens is 2. The first kappa shape index (κ1) is 21.3. The number of fused-ring (bicyclic) bond motifs is 3. The fourth-order valence-corrected chi connectivity index (χ4v) is 5.02. The van der Waals surface area contributed by atoms with Crippen LogP contribution in [-0.2, 0) is 0 Å². The number of amides is 1. The van der Waals surface area contributed by atoms with Crippen LogP contribution in [0, 0.1) is 5.92 Å². The predicted octanol–water partition coefficient (Wildman–Crippen LogP) is 4.11. The molecule has 0 radical (unpaired) electrons. The van der Waals surface area contributed by atoms with Crippen molar-refractivity contribution >= 4 is 34.6 Å². The van der Waals surface area contributed by atoms with Crippen LogP contribution in [0.1, 0.15) is 36.0 Å². The van der Waals surface area contributed by atoms with Crippen molar-refractivity contribution in [2.24, 2.45) is 5.92 Å². The molecule has 0 spiro atoms. The maximum absolute atomic E-state index is 13.1. The zero-order valence-corrected chi connectivity index (χ0v) is 17.9. The molecule has 1 amide bonds. The van der Waals surface area contributed by atoms with E-state index in [1.165, 1.54) is 6.20 Å². The number of aromatic amines is 1. The molecule has 2 aromatic rings. The number of halogens is 3. The number of anilines is 1. The van der Waals surface area contributed by atoms with Gasteiger partial charge >= 0.3 is 6.18 Å². The number of carbonyl (C=O) groups excluding carboxylic acids is 1. The molecule has 0 unspecified atom stereocenters. The van der Waals surface area contributed by atoms with Crippen molar-refractivity contribution in [3.63, 3.8) is 0 Å². The van der Waals surface area contributed by atoms with Gasteiger partial charge in [-0.15, -0.1) is 0 Å². The number of H-pyrrole nitrogens is 1. The normalized spacial score (nSPS) is 22.8. The molecule has 0 atom stereocenters. The fourth-order valence-electron chi connectivity index (χ4n) is 4.66. The van der Waals surface area contributed by atoms with Gasteiger partial charge in [-0.1, -0.05) is 11.9 Å². The molecule has 2 aliphatic rings. The minimum absolute atomic E-state index is 0.0459. The van der Waals surface area contributed by atoms with E-state index in [9.17, 15) is 18.0 Å². The van der Waals surface area contributed by atoms with Gasteiger partial charge in [-0.25, -0.2) is 4.98 Å². The van der Waals surface area contributed by atoms with Crippen LogP contribution in [0.5, 0.6) is 0 Å². The van der Waals surface area contributed by atoms with Gasteiger partial charge in [0.15, 0.2) is 0 Å². The van der Waals surface area contributed by atoms with E-state index in [4.69, 9.17) is 0 Å². The average molecular weight is 442 g/mol. The number of hydrogen-bond acceptors (Lipinski definition) is 5. The number of nitrogens with zero attached hydrogens (tertiary/aromatic N) is 4. The quantitative estimate of drug-likeness (QED) is 0.708. The molecule has 1 aliphatic carbocycles. The van der Waals surface area contributed by atoms with Crippen LogP contribution in [0.4, 0.5) is 18.9 Å². The summed E-state index contributed by atoms with van der Waals surface area (Å²) < 4.78 is 41.6. The lowest BCUT2D eigenvalue weighted by atomic mass is 9.84. The van der Waals surface area contributed by atoms with Crippen LogP contribution in [0.3, 0.4) is 0 Å². The van der Waals surface area contributed by atoms with Crippen LogP contribution in [-0.4, -0.2) is 70.4 Å². The zero-order valence-electron chi connectivity index (χ0n) is 17.1. The third kappa shape index (κ3) is 4.25. The summed E-state index contributed by atoms with van der Waals surface area (Å²) in [7, 11) is 2.08. The van der Waals surface area contributed by atoms with Gasteiger partial charge in [-0.05, 0) is 51.0 Å². The second kappa shape index (κ2) is 8.30. The summed E-state index contributed by atoms with van der Waals surface area (Å²) >= 11 is 1.71. The molecule has 0 saturated heterocycles. The topological polar surface area (TPSA) is 55.5 Å². The largest absolute Gasteiger partial charge is 0.406 e. The highest BCUT2D eigenvalue weighted by Gasteiger charge is 2.41. The van der Waals surface area contributed by atoms with Crippen molar-refractivity contribution < 1.29 is 18.0 Å². The molecule has 164 valence electrons. The van der Waals surface area contributed by atoms with E-state index in [1.807, 2.05) is 11.0 Å². The number of pyridine rings is 1. The Morgan fingerprint density at radius 2 is 2.03 bits per heavy atom. The lowest BCUT2D eigenvalue weighted by Gasteiger charge is -2.45. The van der Waals surface area contributed by atoms with Crippen LogP contribution in [0.25, 0.3) is 11.0 Å². The number of rotatable bonds is 5. The molecular formula is C20H26F3N5OS. The van der Waals surface area contributed by atoms with Crippen molar-refractivity contribution in [2.75, 3.05) is 38.0 Å². The second-order valence-electron chi connectivity index (χ2n) is 8.16. The summed E-state index contributed by atoms with van der Waals surface area (Å²) in [5, 5.41) is 0.789. The summed E-state index contributed by atoms with van der Waals surface area (Å²) in [4.78, 5) is 23.0. The van der Waals surface area contributed by atoms with Gasteiger partial charge in [0, 0.05) is 30.4 Å². The molecule has 1 saturated carbocycles. The minimum Gasteiger partial charge on any atom is -0.349 e. The van der Waals surface area contributed by atoms with Crippen LogP contribution < -0.4 is 4.90 Å². The van der Waals surface area contributed by atoms with Crippen LogP contribution >= 0.6 is 11.9 Å². The molecular weight excluding hydrogens is 415 g/mol. The van der Waals surface area contributed by atoms with E-state index >= 15 is 0 Å². The lowest BCUT2D eigenvalue weighted by molar-refractivity contribution is -0.141. The van der Waals surface area contributed by atoms with Crippen molar-refractivity contribution in [1.82, 2.24) is 19.2 Å². The summed E-state index contributed by atoms with van der Waals surface area (Å²) in [6, 6.07) is 1.95. The molecule has 4 rings (SSSR count). The molecule has 0 aromatic carbocycles. The maximum atomic E-state index is 13.1. The molecule has 1 aliphatic heterocycles. The SMILES string of the molecule is CSN(C)C[C@H]1CC[C@H](N2CN(CC(F)(F)F)C(=O)c3cnc4[nH]ccc4c32)CC1. The van der Waals surface area contributed by atoms with Gasteiger partial charge in [0.05, 0.1) is 17.9 Å². The highest BCUT2D eigenvalue weighted by Crippen LogP contribution is 2.39. The number of hydrogen-bond donors (Lipinski definition) is 1. The Labute approximate surface area is 177 Å². The molecule has 10 heteroatoms. The first-order chi connectivity index (χ1) is 14.3. The molecule has 0 bridgehead atoms. The molecule has 6 nitrogen and oxygen atoms in total. The van der Waals surface area contributed by atoms with Crippen molar-refractivity contribution in [3.8, 4) is 0 Å². The van der Waals surface area contributed by atoms with Gasteiger partial charge < -0.3 is 14.8 Å². The van der Waals surface area contributed by atoms with E-state index in [1.54, 1.807) is 18.1 Å². The van der Waals surface area contributed by atoms with Crippen LogP contribution in [0.2, 0.25) is 0 Å². The van der Waals surface area contributed by atoms with Gasteiger partial charge in [-0.3, -0.25) is 9.10 Å². The summed E-state index contributed by atoms with van der Waals surface area (Å²) in [5.41, 5.74) is 1.61. The van der Waals surface area contributed by atoms with Crippen molar-refractivity contribution in [1.29, 1.82) is 0 Å². The monoisotopic (exact) mass is 441 g/mol. The zero-order chi connectivity index (χ0) is 21.5. The third-order valence-electron chi connectivity index (χ3n) is 6.14. The van der Waals surface area contributed by atoms with Gasteiger partial charge in [0.25, 0.3) is 5.91 Å².